The normalized spacial score (nSPS) is 11.8. The van der Waals surface area contributed by atoms with Gasteiger partial charge in [0.05, 0.1) is 21.3 Å². The molecule has 0 fully saturated rings. The van der Waals surface area contributed by atoms with E-state index in [2.05, 4.69) is 5.10 Å². The topological polar surface area (TPSA) is 93.1 Å². The summed E-state index contributed by atoms with van der Waals surface area (Å²) in [6.45, 7) is 1.11. The second-order valence-corrected chi connectivity index (χ2v) is 9.41. The number of sulfonamides is 1. The zero-order valence-corrected chi connectivity index (χ0v) is 20.9. The fourth-order valence-corrected chi connectivity index (χ4v) is 4.71. The first kappa shape index (κ1) is 26.1. The Labute approximate surface area is 212 Å². The van der Waals surface area contributed by atoms with Gasteiger partial charge in [0.2, 0.25) is 5.91 Å². The number of halogens is 5. The van der Waals surface area contributed by atoms with Crippen molar-refractivity contribution in [1.82, 2.24) is 20.0 Å². The zero-order valence-electron chi connectivity index (χ0n) is 16.8. The number of alkyl halides is 3. The van der Waals surface area contributed by atoms with Crippen molar-refractivity contribution in [3.63, 3.8) is 0 Å². The summed E-state index contributed by atoms with van der Waals surface area (Å²) in [4.78, 5) is 12.5. The van der Waals surface area contributed by atoms with E-state index in [0.29, 0.717) is 0 Å². The Morgan fingerprint density at radius 3 is 2.32 bits per heavy atom. The number of hydrogen-bond acceptors (Lipinski definition) is 5. The van der Waals surface area contributed by atoms with E-state index in [9.17, 15) is 26.4 Å². The minimum absolute atomic E-state index is 0. The summed E-state index contributed by atoms with van der Waals surface area (Å²) in [5, 5.41) is 5.23. The Balaban J connectivity index is 0.00000256. The summed E-state index contributed by atoms with van der Waals surface area (Å²) >= 11 is 13.2. The van der Waals surface area contributed by atoms with Crippen molar-refractivity contribution in [1.29, 1.82) is 0 Å². The molecular formula is C16H12Cl2F3N4NaO3S2. The molecule has 31 heavy (non-hydrogen) atoms. The van der Waals surface area contributed by atoms with Gasteiger partial charge in [-0.1, -0.05) is 23.2 Å². The fourth-order valence-electron chi connectivity index (χ4n) is 2.40. The van der Waals surface area contributed by atoms with Crippen LogP contribution in [0.3, 0.4) is 0 Å². The van der Waals surface area contributed by atoms with Crippen LogP contribution >= 0.6 is 34.5 Å². The average Bonchev–Trinajstić information content (AvgIpc) is 3.23. The van der Waals surface area contributed by atoms with Gasteiger partial charge < -0.3 is 1.43 Å². The van der Waals surface area contributed by atoms with Crippen molar-refractivity contribution >= 4 is 50.5 Å². The van der Waals surface area contributed by atoms with Crippen molar-refractivity contribution in [2.75, 3.05) is 0 Å². The van der Waals surface area contributed by atoms with E-state index in [1.807, 2.05) is 10.3 Å². The van der Waals surface area contributed by atoms with Crippen molar-refractivity contribution in [2.45, 2.75) is 18.0 Å². The maximum atomic E-state index is 13.2. The van der Waals surface area contributed by atoms with Crippen molar-refractivity contribution in [3.8, 4) is 16.9 Å². The molecule has 3 aromatic rings. The Bertz CT molecular complexity index is 1200. The standard InChI is InChI=1S/C16H11Cl2F3N4O3S2.Na.H/c1-8(26)22-24-30(27,28)10-4-2-9(3-5-10)25-12(6-13(23-25)16(19,20)21)14-11(17)7-29-15(14)18;;/h2-7,24H,1H3,(H,22,26);;/q;+1;-1. The van der Waals surface area contributed by atoms with Crippen LogP contribution in [0.25, 0.3) is 16.9 Å². The number of rotatable bonds is 5. The molecule has 2 aromatic heterocycles. The molecule has 0 radical (unpaired) electrons. The van der Waals surface area contributed by atoms with Crippen molar-refractivity contribution < 1.29 is 57.4 Å². The summed E-state index contributed by atoms with van der Waals surface area (Å²) in [5.74, 6) is -0.624. The molecule has 2 N–H and O–H groups in total. The van der Waals surface area contributed by atoms with Crippen LogP contribution in [-0.2, 0) is 21.0 Å². The van der Waals surface area contributed by atoms with Gasteiger partial charge in [0, 0.05) is 17.9 Å². The second-order valence-electron chi connectivity index (χ2n) is 5.84. The van der Waals surface area contributed by atoms with E-state index in [-0.39, 0.29) is 62.2 Å². The number of nitrogens with one attached hydrogen (secondary N) is 2. The number of carbonyl (C=O) groups excluding carboxylic acids is 1. The van der Waals surface area contributed by atoms with E-state index in [0.717, 1.165) is 41.1 Å². The molecule has 0 saturated carbocycles. The summed E-state index contributed by atoms with van der Waals surface area (Å²) in [6.07, 6.45) is -4.72. The molecule has 0 aliphatic rings. The Hall–Kier alpha value is -1.12. The zero-order chi connectivity index (χ0) is 22.3. The van der Waals surface area contributed by atoms with Crippen LogP contribution in [0.1, 0.15) is 14.0 Å². The fraction of sp³-hybridized carbons (Fsp3) is 0.125. The van der Waals surface area contributed by atoms with E-state index >= 15 is 0 Å². The van der Waals surface area contributed by atoms with Gasteiger partial charge in [0.25, 0.3) is 10.0 Å². The molecule has 0 aliphatic heterocycles. The summed E-state index contributed by atoms with van der Waals surface area (Å²) in [6, 6.07) is 5.62. The van der Waals surface area contributed by atoms with Crippen LogP contribution in [0.5, 0.6) is 0 Å². The van der Waals surface area contributed by atoms with Gasteiger partial charge in [-0.15, -0.1) is 16.2 Å². The molecule has 1 amide bonds. The van der Waals surface area contributed by atoms with Gasteiger partial charge in [-0.05, 0) is 30.3 Å². The number of carbonyl (C=O) groups is 1. The van der Waals surface area contributed by atoms with E-state index < -0.39 is 27.8 Å². The van der Waals surface area contributed by atoms with Crippen LogP contribution in [0.4, 0.5) is 13.2 Å². The summed E-state index contributed by atoms with van der Waals surface area (Å²) < 4.78 is 65.2. The molecule has 162 valence electrons. The molecule has 3 rings (SSSR count). The van der Waals surface area contributed by atoms with Crippen molar-refractivity contribution in [2.24, 2.45) is 0 Å². The number of benzene rings is 1. The molecule has 0 spiro atoms. The number of thiophene rings is 1. The third kappa shape index (κ3) is 5.82. The molecule has 2 heterocycles. The van der Waals surface area contributed by atoms with Gasteiger partial charge in [0.1, 0.15) is 4.34 Å². The molecule has 1 aromatic carbocycles. The molecular weight excluding hydrogens is 511 g/mol. The molecule has 0 saturated heterocycles. The van der Waals surface area contributed by atoms with Gasteiger partial charge in [-0.25, -0.2) is 13.1 Å². The molecule has 7 nitrogen and oxygen atoms in total. The van der Waals surface area contributed by atoms with Gasteiger partial charge in [0.15, 0.2) is 5.69 Å². The van der Waals surface area contributed by atoms with Crippen LogP contribution in [-0.4, -0.2) is 24.1 Å². The smallest absolute Gasteiger partial charge is 1.00 e. The molecule has 0 unspecified atom stereocenters. The number of amides is 1. The number of hydrazine groups is 1. The van der Waals surface area contributed by atoms with E-state index in [1.165, 1.54) is 17.5 Å². The maximum Gasteiger partial charge on any atom is 1.00 e. The second kappa shape index (κ2) is 9.79. The maximum absolute atomic E-state index is 13.2. The number of hydrogen-bond donors (Lipinski definition) is 2. The quantitative estimate of drug-likeness (QED) is 0.391. The SMILES string of the molecule is CC(=O)NNS(=O)(=O)c1ccc(-n2nc(C(F)(F)F)cc2-c2c(Cl)csc2Cl)cc1.[H-].[Na+]. The first-order chi connectivity index (χ1) is 13.9. The van der Waals surface area contributed by atoms with Crippen LogP contribution < -0.4 is 39.8 Å². The van der Waals surface area contributed by atoms with E-state index in [1.54, 1.807) is 0 Å². The van der Waals surface area contributed by atoms with Gasteiger partial charge >= 0.3 is 35.7 Å². The minimum atomic E-state index is -4.72. The molecule has 0 atom stereocenters. The van der Waals surface area contributed by atoms with Gasteiger partial charge in [-0.2, -0.15) is 18.3 Å². The number of nitrogens with zero attached hydrogens (tertiary/aromatic N) is 2. The van der Waals surface area contributed by atoms with Crippen molar-refractivity contribution in [3.05, 3.63) is 50.8 Å². The average molecular weight is 523 g/mol. The van der Waals surface area contributed by atoms with E-state index in [4.69, 9.17) is 23.2 Å². The summed E-state index contributed by atoms with van der Waals surface area (Å²) in [7, 11) is -4.07. The largest absolute Gasteiger partial charge is 1.00 e. The Morgan fingerprint density at radius 1 is 1.23 bits per heavy atom. The van der Waals surface area contributed by atoms with Crippen LogP contribution in [0.2, 0.25) is 9.36 Å². The summed E-state index contributed by atoms with van der Waals surface area (Å²) in [5.41, 5.74) is 1.08. The molecule has 0 aliphatic carbocycles. The molecule has 15 heteroatoms. The first-order valence-electron chi connectivity index (χ1n) is 7.89. The first-order valence-corrected chi connectivity index (χ1v) is 11.0. The van der Waals surface area contributed by atoms with Crippen LogP contribution in [0.15, 0.2) is 40.6 Å². The number of aromatic nitrogens is 2. The van der Waals surface area contributed by atoms with Crippen LogP contribution in [0, 0.1) is 0 Å². The minimum Gasteiger partial charge on any atom is -1.00 e. The predicted octanol–water partition coefficient (Wildman–Crippen LogP) is 1.37. The Kier molecular flexibility index (Phi) is 8.26. The monoisotopic (exact) mass is 522 g/mol. The third-order valence-electron chi connectivity index (χ3n) is 3.71. The van der Waals surface area contributed by atoms with Gasteiger partial charge in [-0.3, -0.25) is 10.2 Å². The predicted molar refractivity (Wildman–Crippen MR) is 107 cm³/mol. The Morgan fingerprint density at radius 2 is 1.84 bits per heavy atom. The third-order valence-corrected chi connectivity index (χ3v) is 6.62. The molecule has 0 bridgehead atoms.